The van der Waals surface area contributed by atoms with E-state index in [-0.39, 0.29) is 23.8 Å². The summed E-state index contributed by atoms with van der Waals surface area (Å²) < 4.78 is 1.23. The van der Waals surface area contributed by atoms with Crippen molar-refractivity contribution in [2.75, 3.05) is 19.0 Å². The first-order valence-corrected chi connectivity index (χ1v) is 5.35. The van der Waals surface area contributed by atoms with Gasteiger partial charge < -0.3 is 4.90 Å². The predicted molar refractivity (Wildman–Crippen MR) is 60.6 cm³/mol. The molecular weight excluding hydrogens is 206 g/mol. The van der Waals surface area contributed by atoms with Gasteiger partial charge in [0, 0.05) is 26.1 Å². The SMILES string of the molecule is CN(C)c1cnn(CC(=O)C2CC2)c(=O)c1. The van der Waals surface area contributed by atoms with Crippen LogP contribution in [-0.4, -0.2) is 29.7 Å². The number of rotatable bonds is 4. The Bertz CT molecular complexity index is 461. The summed E-state index contributed by atoms with van der Waals surface area (Å²) in [6.45, 7) is 0.108. The van der Waals surface area contributed by atoms with Crippen molar-refractivity contribution in [3.63, 3.8) is 0 Å². The maximum Gasteiger partial charge on any atom is 0.269 e. The maximum atomic E-state index is 11.6. The molecule has 16 heavy (non-hydrogen) atoms. The molecule has 0 N–H and O–H groups in total. The zero-order valence-corrected chi connectivity index (χ0v) is 9.51. The first-order valence-electron chi connectivity index (χ1n) is 5.35. The lowest BCUT2D eigenvalue weighted by Crippen LogP contribution is -2.27. The van der Waals surface area contributed by atoms with Crippen LogP contribution in [0.15, 0.2) is 17.1 Å². The van der Waals surface area contributed by atoms with Gasteiger partial charge in [-0.2, -0.15) is 5.10 Å². The number of aromatic nitrogens is 2. The zero-order chi connectivity index (χ0) is 11.7. The normalized spacial score (nSPS) is 14.9. The van der Waals surface area contributed by atoms with Crippen LogP contribution < -0.4 is 10.5 Å². The highest BCUT2D eigenvalue weighted by atomic mass is 16.1. The number of carbonyl (C=O) groups is 1. The summed E-state index contributed by atoms with van der Waals surface area (Å²) in [7, 11) is 3.69. The molecular formula is C11H15N3O2. The lowest BCUT2D eigenvalue weighted by Gasteiger charge is -2.11. The highest BCUT2D eigenvalue weighted by molar-refractivity contribution is 5.82. The van der Waals surface area contributed by atoms with Crippen LogP contribution in [0.4, 0.5) is 5.69 Å². The van der Waals surface area contributed by atoms with E-state index >= 15 is 0 Å². The molecule has 1 heterocycles. The third-order valence-electron chi connectivity index (χ3n) is 2.71. The average Bonchev–Trinajstić information content (AvgIpc) is 3.03. The van der Waals surface area contributed by atoms with E-state index in [0.29, 0.717) is 0 Å². The van der Waals surface area contributed by atoms with Gasteiger partial charge in [0.25, 0.3) is 5.56 Å². The van der Waals surface area contributed by atoms with Crippen molar-refractivity contribution in [1.82, 2.24) is 9.78 Å². The molecule has 1 aliphatic rings. The quantitative estimate of drug-likeness (QED) is 0.733. The van der Waals surface area contributed by atoms with E-state index in [4.69, 9.17) is 0 Å². The number of carbonyl (C=O) groups excluding carboxylic acids is 1. The van der Waals surface area contributed by atoms with Crippen molar-refractivity contribution in [3.8, 4) is 0 Å². The summed E-state index contributed by atoms with van der Waals surface area (Å²) in [5, 5.41) is 3.99. The third kappa shape index (κ3) is 2.29. The number of hydrogen-bond donors (Lipinski definition) is 0. The smallest absolute Gasteiger partial charge is 0.269 e. The van der Waals surface area contributed by atoms with Gasteiger partial charge in [0.05, 0.1) is 11.9 Å². The van der Waals surface area contributed by atoms with Crippen molar-refractivity contribution in [2.24, 2.45) is 5.92 Å². The molecule has 2 rings (SSSR count). The molecule has 0 unspecified atom stereocenters. The molecule has 1 saturated carbocycles. The van der Waals surface area contributed by atoms with Gasteiger partial charge in [-0.05, 0) is 12.8 Å². The van der Waals surface area contributed by atoms with Gasteiger partial charge in [-0.25, -0.2) is 4.68 Å². The van der Waals surface area contributed by atoms with Gasteiger partial charge in [0.2, 0.25) is 0 Å². The molecule has 1 aliphatic carbocycles. The molecule has 0 aliphatic heterocycles. The molecule has 0 atom stereocenters. The second-order valence-corrected chi connectivity index (χ2v) is 4.34. The van der Waals surface area contributed by atoms with Gasteiger partial charge in [-0.15, -0.1) is 0 Å². The number of hydrogen-bond acceptors (Lipinski definition) is 4. The summed E-state index contributed by atoms with van der Waals surface area (Å²) in [6.07, 6.45) is 3.52. The van der Waals surface area contributed by atoms with E-state index in [0.717, 1.165) is 18.5 Å². The van der Waals surface area contributed by atoms with Gasteiger partial charge in [-0.3, -0.25) is 9.59 Å². The van der Waals surface area contributed by atoms with Crippen LogP contribution in [0.2, 0.25) is 0 Å². The topological polar surface area (TPSA) is 55.2 Å². The lowest BCUT2D eigenvalue weighted by molar-refractivity contribution is -0.121. The molecule has 0 bridgehead atoms. The molecule has 1 aromatic heterocycles. The molecule has 0 saturated heterocycles. The summed E-state index contributed by atoms with van der Waals surface area (Å²) in [6, 6.07) is 1.49. The van der Waals surface area contributed by atoms with E-state index in [9.17, 15) is 9.59 Å². The lowest BCUT2D eigenvalue weighted by atomic mass is 10.3. The summed E-state index contributed by atoms with van der Waals surface area (Å²) in [5.74, 6) is 0.287. The predicted octanol–water partition coefficient (Wildman–Crippen LogP) is 0.288. The largest absolute Gasteiger partial charge is 0.376 e. The Balaban J connectivity index is 2.15. The van der Waals surface area contributed by atoms with E-state index in [2.05, 4.69) is 5.10 Å². The molecule has 5 heteroatoms. The molecule has 1 fully saturated rings. The van der Waals surface area contributed by atoms with Gasteiger partial charge in [0.15, 0.2) is 5.78 Å². The molecule has 0 spiro atoms. The Morgan fingerprint density at radius 2 is 2.25 bits per heavy atom. The Kier molecular flexibility index (Phi) is 2.77. The van der Waals surface area contributed by atoms with E-state index in [1.807, 2.05) is 14.1 Å². The van der Waals surface area contributed by atoms with Crippen molar-refractivity contribution < 1.29 is 4.79 Å². The zero-order valence-electron chi connectivity index (χ0n) is 9.51. The van der Waals surface area contributed by atoms with Crippen molar-refractivity contribution in [1.29, 1.82) is 0 Å². The Morgan fingerprint density at radius 3 is 2.75 bits per heavy atom. The minimum atomic E-state index is -0.222. The third-order valence-corrected chi connectivity index (χ3v) is 2.71. The first-order chi connectivity index (χ1) is 7.58. The number of Topliss-reactive ketones (excluding diaryl/α,β-unsaturated/α-hetero) is 1. The Morgan fingerprint density at radius 1 is 1.56 bits per heavy atom. The summed E-state index contributed by atoms with van der Waals surface area (Å²) in [5.41, 5.74) is 0.528. The Labute approximate surface area is 93.7 Å². The van der Waals surface area contributed by atoms with Crippen LogP contribution in [0.1, 0.15) is 12.8 Å². The first kappa shape index (κ1) is 10.9. The van der Waals surface area contributed by atoms with Crippen LogP contribution in [0, 0.1) is 5.92 Å². The molecule has 5 nitrogen and oxygen atoms in total. The standard InChI is InChI=1S/C11H15N3O2/c1-13(2)9-5-11(16)14(12-6-9)7-10(15)8-3-4-8/h5-6,8H,3-4,7H2,1-2H3. The van der Waals surface area contributed by atoms with E-state index in [1.165, 1.54) is 10.7 Å². The van der Waals surface area contributed by atoms with Crippen LogP contribution in [0.25, 0.3) is 0 Å². The summed E-state index contributed by atoms with van der Waals surface area (Å²) in [4.78, 5) is 25.0. The minimum absolute atomic E-state index is 0.108. The molecule has 86 valence electrons. The van der Waals surface area contributed by atoms with Crippen LogP contribution >= 0.6 is 0 Å². The van der Waals surface area contributed by atoms with Gasteiger partial charge in [-0.1, -0.05) is 0 Å². The van der Waals surface area contributed by atoms with Crippen molar-refractivity contribution >= 4 is 11.5 Å². The minimum Gasteiger partial charge on any atom is -0.376 e. The van der Waals surface area contributed by atoms with E-state index in [1.54, 1.807) is 11.1 Å². The van der Waals surface area contributed by atoms with Gasteiger partial charge in [0.1, 0.15) is 6.54 Å². The molecule has 0 aromatic carbocycles. The fourth-order valence-electron chi connectivity index (χ4n) is 1.47. The van der Waals surface area contributed by atoms with Crippen molar-refractivity contribution in [3.05, 3.63) is 22.6 Å². The molecule has 0 amide bonds. The number of anilines is 1. The number of nitrogens with zero attached hydrogens (tertiary/aromatic N) is 3. The van der Waals surface area contributed by atoms with Crippen LogP contribution in [0.5, 0.6) is 0 Å². The fourth-order valence-corrected chi connectivity index (χ4v) is 1.47. The average molecular weight is 221 g/mol. The Hall–Kier alpha value is -1.65. The molecule has 1 aromatic rings. The monoisotopic (exact) mass is 221 g/mol. The number of ketones is 1. The van der Waals surface area contributed by atoms with E-state index < -0.39 is 0 Å². The highest BCUT2D eigenvalue weighted by Gasteiger charge is 2.29. The maximum absolute atomic E-state index is 11.6. The van der Waals surface area contributed by atoms with Crippen LogP contribution in [-0.2, 0) is 11.3 Å². The van der Waals surface area contributed by atoms with Crippen molar-refractivity contribution in [2.45, 2.75) is 19.4 Å². The molecule has 0 radical (unpaired) electrons. The second-order valence-electron chi connectivity index (χ2n) is 4.34. The second kappa shape index (κ2) is 4.08. The summed E-state index contributed by atoms with van der Waals surface area (Å²) >= 11 is 0. The fraction of sp³-hybridized carbons (Fsp3) is 0.545. The van der Waals surface area contributed by atoms with Gasteiger partial charge >= 0.3 is 0 Å². The highest BCUT2D eigenvalue weighted by Crippen LogP contribution is 2.29. The van der Waals surface area contributed by atoms with Crippen LogP contribution in [0.3, 0.4) is 0 Å².